The quantitative estimate of drug-likeness (QED) is 0.414. The number of benzene rings is 1. The Morgan fingerprint density at radius 2 is 1.96 bits per heavy atom. The fourth-order valence-electron chi connectivity index (χ4n) is 2.31. The molecule has 0 fully saturated rings. The molecule has 0 saturated heterocycles. The van der Waals surface area contributed by atoms with Crippen LogP contribution in [0, 0.1) is 6.92 Å². The molecule has 0 radical (unpaired) electrons. The van der Waals surface area contributed by atoms with E-state index in [1.54, 1.807) is 18.4 Å². The lowest BCUT2D eigenvalue weighted by molar-refractivity contribution is 0.297. The van der Waals surface area contributed by atoms with Gasteiger partial charge in [-0.15, -0.1) is 35.3 Å². The molecule has 2 heterocycles. The van der Waals surface area contributed by atoms with Crippen molar-refractivity contribution in [3.05, 3.63) is 40.1 Å². The maximum absolute atomic E-state index is 5.71. The molecule has 2 N–H and O–H groups in total. The van der Waals surface area contributed by atoms with E-state index in [2.05, 4.69) is 34.7 Å². The number of nitrogens with one attached hydrogen (secondary N) is 2. The lowest BCUT2D eigenvalue weighted by Crippen LogP contribution is -2.29. The molecule has 1 aromatic heterocycles. The Bertz CT molecular complexity index is 703. The number of anilines is 1. The van der Waals surface area contributed by atoms with E-state index < -0.39 is 0 Å². The molecule has 0 atom stereocenters. The number of aliphatic imine (C=N–C) groups is 1. The molecule has 2 aromatic rings. The van der Waals surface area contributed by atoms with Gasteiger partial charge in [0.05, 0.1) is 19.8 Å². The minimum absolute atomic E-state index is 0. The number of halogens is 1. The zero-order valence-electron chi connectivity index (χ0n) is 13.8. The van der Waals surface area contributed by atoms with Crippen LogP contribution in [0.2, 0.25) is 0 Å². The second-order valence-corrected chi connectivity index (χ2v) is 6.65. The molecule has 3 rings (SSSR count). The van der Waals surface area contributed by atoms with Crippen LogP contribution in [0.15, 0.2) is 35.3 Å². The van der Waals surface area contributed by atoms with Crippen LogP contribution >= 0.6 is 35.3 Å². The van der Waals surface area contributed by atoms with Crippen molar-refractivity contribution in [2.45, 2.75) is 19.9 Å². The first kappa shape index (κ1) is 18.9. The maximum Gasteiger partial charge on any atom is 0.195 e. The average Bonchev–Trinajstić information content (AvgIpc) is 2.83. The Kier molecular flexibility index (Phi) is 7.16. The highest BCUT2D eigenvalue weighted by atomic mass is 127. The Hall–Kier alpha value is -1.48. The van der Waals surface area contributed by atoms with E-state index in [0.29, 0.717) is 13.2 Å². The Morgan fingerprint density at radius 3 is 2.67 bits per heavy atom. The first-order valence-electron chi connectivity index (χ1n) is 7.67. The molecule has 5 nitrogen and oxygen atoms in total. The molecule has 0 aliphatic carbocycles. The first-order valence-corrected chi connectivity index (χ1v) is 8.49. The number of hydrogen-bond acceptors (Lipinski definition) is 4. The summed E-state index contributed by atoms with van der Waals surface area (Å²) in [6.07, 6.45) is 0.904. The van der Waals surface area contributed by atoms with E-state index in [4.69, 9.17) is 9.47 Å². The molecule has 0 spiro atoms. The fourth-order valence-corrected chi connectivity index (χ4v) is 3.14. The third-order valence-electron chi connectivity index (χ3n) is 3.46. The topological polar surface area (TPSA) is 54.9 Å². The predicted octanol–water partition coefficient (Wildman–Crippen LogP) is 4.02. The van der Waals surface area contributed by atoms with Crippen LogP contribution in [-0.4, -0.2) is 26.2 Å². The van der Waals surface area contributed by atoms with Gasteiger partial charge in [-0.2, -0.15) is 0 Å². The predicted molar refractivity (Wildman–Crippen MR) is 110 cm³/mol. The largest absolute Gasteiger partial charge is 0.490 e. The summed E-state index contributed by atoms with van der Waals surface area (Å²) in [5.74, 6) is 2.30. The van der Waals surface area contributed by atoms with Crippen molar-refractivity contribution in [2.24, 2.45) is 4.99 Å². The summed E-state index contributed by atoms with van der Waals surface area (Å²) < 4.78 is 11.4. The molecular weight excluding hydrogens is 437 g/mol. The maximum atomic E-state index is 5.71. The van der Waals surface area contributed by atoms with E-state index in [1.165, 1.54) is 9.75 Å². The molecule has 130 valence electrons. The normalized spacial score (nSPS) is 13.7. The van der Waals surface area contributed by atoms with Crippen LogP contribution in [-0.2, 0) is 6.54 Å². The van der Waals surface area contributed by atoms with Crippen molar-refractivity contribution in [1.29, 1.82) is 0 Å². The summed E-state index contributed by atoms with van der Waals surface area (Å²) in [6.45, 7) is 4.24. The highest BCUT2D eigenvalue weighted by molar-refractivity contribution is 14.0. The number of hydrogen-bond donors (Lipinski definition) is 2. The number of guanidine groups is 1. The fraction of sp³-hybridized carbons (Fsp3) is 0.353. The van der Waals surface area contributed by atoms with E-state index in [9.17, 15) is 0 Å². The summed E-state index contributed by atoms with van der Waals surface area (Å²) in [4.78, 5) is 6.86. The van der Waals surface area contributed by atoms with Gasteiger partial charge in [-0.3, -0.25) is 4.99 Å². The van der Waals surface area contributed by atoms with Gasteiger partial charge in [0, 0.05) is 35.0 Å². The zero-order valence-corrected chi connectivity index (χ0v) is 16.9. The highest BCUT2D eigenvalue weighted by Crippen LogP contribution is 2.32. The minimum atomic E-state index is 0. The van der Waals surface area contributed by atoms with Crippen LogP contribution in [0.25, 0.3) is 0 Å². The smallest absolute Gasteiger partial charge is 0.195 e. The number of thiophene rings is 1. The van der Waals surface area contributed by atoms with Gasteiger partial charge in [0.15, 0.2) is 17.5 Å². The van der Waals surface area contributed by atoms with Gasteiger partial charge in [-0.25, -0.2) is 0 Å². The van der Waals surface area contributed by atoms with Crippen molar-refractivity contribution in [1.82, 2.24) is 5.32 Å². The molecule has 1 aliphatic rings. The van der Waals surface area contributed by atoms with Crippen LogP contribution < -0.4 is 20.1 Å². The van der Waals surface area contributed by atoms with Crippen LogP contribution in [0.5, 0.6) is 11.5 Å². The van der Waals surface area contributed by atoms with Crippen molar-refractivity contribution in [3.8, 4) is 11.5 Å². The summed E-state index contributed by atoms with van der Waals surface area (Å²) in [5.41, 5.74) is 0.921. The average molecular weight is 459 g/mol. The van der Waals surface area contributed by atoms with E-state index in [1.807, 2.05) is 18.2 Å². The van der Waals surface area contributed by atoms with Gasteiger partial charge in [0.2, 0.25) is 0 Å². The summed E-state index contributed by atoms with van der Waals surface area (Å²) in [7, 11) is 1.76. The minimum Gasteiger partial charge on any atom is -0.490 e. The van der Waals surface area contributed by atoms with Gasteiger partial charge in [0.25, 0.3) is 0 Å². The second kappa shape index (κ2) is 9.12. The number of ether oxygens (including phenoxy) is 2. The van der Waals surface area contributed by atoms with E-state index in [-0.39, 0.29) is 24.0 Å². The highest BCUT2D eigenvalue weighted by Gasteiger charge is 2.11. The molecule has 1 aliphatic heterocycles. The molecule has 0 amide bonds. The van der Waals surface area contributed by atoms with E-state index >= 15 is 0 Å². The summed E-state index contributed by atoms with van der Waals surface area (Å²) in [6, 6.07) is 10.1. The Balaban J connectivity index is 0.00000208. The second-order valence-electron chi connectivity index (χ2n) is 5.28. The van der Waals surface area contributed by atoms with Gasteiger partial charge in [-0.05, 0) is 31.2 Å². The standard InChI is InChI=1S/C17H21N3O2S.HI/c1-12-4-6-14(23-12)11-19-17(18-2)20-13-5-7-15-16(10-13)22-9-3-8-21-15;/h4-7,10H,3,8-9,11H2,1-2H3,(H2,18,19,20);1H. The van der Waals surface area contributed by atoms with Crippen LogP contribution in [0.1, 0.15) is 16.2 Å². The van der Waals surface area contributed by atoms with Gasteiger partial charge < -0.3 is 20.1 Å². The molecule has 7 heteroatoms. The van der Waals surface area contributed by atoms with Crippen molar-refractivity contribution >= 4 is 47.0 Å². The number of rotatable bonds is 3. The van der Waals surface area contributed by atoms with Gasteiger partial charge in [-0.1, -0.05) is 0 Å². The third-order valence-corrected chi connectivity index (χ3v) is 4.46. The molecule has 1 aromatic carbocycles. The van der Waals surface area contributed by atoms with E-state index in [0.717, 1.165) is 36.1 Å². The molecule has 24 heavy (non-hydrogen) atoms. The lowest BCUT2D eigenvalue weighted by atomic mass is 10.3. The van der Waals surface area contributed by atoms with Gasteiger partial charge >= 0.3 is 0 Å². The summed E-state index contributed by atoms with van der Waals surface area (Å²) in [5, 5.41) is 6.60. The summed E-state index contributed by atoms with van der Waals surface area (Å²) >= 11 is 1.79. The Labute approximate surface area is 163 Å². The molecule has 0 unspecified atom stereocenters. The van der Waals surface area contributed by atoms with Crippen LogP contribution in [0.4, 0.5) is 5.69 Å². The van der Waals surface area contributed by atoms with Crippen molar-refractivity contribution in [3.63, 3.8) is 0 Å². The third kappa shape index (κ3) is 5.01. The number of fused-ring (bicyclic) bond motifs is 1. The van der Waals surface area contributed by atoms with Crippen LogP contribution in [0.3, 0.4) is 0 Å². The Morgan fingerprint density at radius 1 is 1.17 bits per heavy atom. The monoisotopic (exact) mass is 459 g/mol. The number of aryl methyl sites for hydroxylation is 1. The molecular formula is C17H22IN3O2S. The van der Waals surface area contributed by atoms with Crippen molar-refractivity contribution < 1.29 is 9.47 Å². The lowest BCUT2D eigenvalue weighted by Gasteiger charge is -2.13. The number of nitrogens with zero attached hydrogens (tertiary/aromatic N) is 1. The van der Waals surface area contributed by atoms with Crippen molar-refractivity contribution in [2.75, 3.05) is 25.6 Å². The first-order chi connectivity index (χ1) is 11.2. The zero-order chi connectivity index (χ0) is 16.1. The SMILES string of the molecule is CN=C(NCc1ccc(C)s1)Nc1ccc2c(c1)OCCCO2.I. The van der Waals surface area contributed by atoms with Gasteiger partial charge in [0.1, 0.15) is 0 Å². The molecule has 0 saturated carbocycles. The molecule has 0 bridgehead atoms.